The predicted molar refractivity (Wildman–Crippen MR) is 88.9 cm³/mol. The molecule has 5 heteroatoms. The molecule has 0 aromatic heterocycles. The Hall–Kier alpha value is -1.62. The molecule has 23 heavy (non-hydrogen) atoms. The van der Waals surface area contributed by atoms with Crippen LogP contribution in [0.2, 0.25) is 0 Å². The SMILES string of the molecule is CC(C)CC(CO)(CNC(=O)OC(C)(C)C)c1ccc(F)cc1. The summed E-state index contributed by atoms with van der Waals surface area (Å²) in [5, 5.41) is 12.7. The summed E-state index contributed by atoms with van der Waals surface area (Å²) in [7, 11) is 0. The molecule has 0 heterocycles. The first-order valence-corrected chi connectivity index (χ1v) is 7.92. The molecule has 0 saturated heterocycles. The molecule has 0 radical (unpaired) electrons. The van der Waals surface area contributed by atoms with Crippen LogP contribution in [0.25, 0.3) is 0 Å². The Kier molecular flexibility index (Phi) is 6.57. The summed E-state index contributed by atoms with van der Waals surface area (Å²) < 4.78 is 18.4. The van der Waals surface area contributed by atoms with Crippen LogP contribution in [0.1, 0.15) is 46.6 Å². The van der Waals surface area contributed by atoms with E-state index in [0.717, 1.165) is 5.56 Å². The normalized spacial score (nSPS) is 14.4. The third-order valence-electron chi connectivity index (χ3n) is 3.53. The number of carbonyl (C=O) groups excluding carboxylic acids is 1. The highest BCUT2D eigenvalue weighted by molar-refractivity contribution is 5.67. The second-order valence-electron chi connectivity index (χ2n) is 7.40. The quantitative estimate of drug-likeness (QED) is 0.840. The molecule has 0 aliphatic rings. The van der Waals surface area contributed by atoms with Crippen molar-refractivity contribution in [3.8, 4) is 0 Å². The zero-order valence-electron chi connectivity index (χ0n) is 14.6. The Morgan fingerprint density at radius 3 is 2.26 bits per heavy atom. The Labute approximate surface area is 138 Å². The van der Waals surface area contributed by atoms with Crippen LogP contribution >= 0.6 is 0 Å². The lowest BCUT2D eigenvalue weighted by molar-refractivity contribution is 0.0496. The molecule has 1 aromatic rings. The standard InChI is InChI=1S/C18H28FNO3/c1-13(2)10-18(12-21,14-6-8-15(19)9-7-14)11-20-16(22)23-17(3,4)5/h6-9,13,21H,10-12H2,1-5H3,(H,20,22). The lowest BCUT2D eigenvalue weighted by Crippen LogP contribution is -2.45. The maximum Gasteiger partial charge on any atom is 0.407 e. The Balaban J connectivity index is 2.96. The number of hydrogen-bond acceptors (Lipinski definition) is 3. The van der Waals surface area contributed by atoms with Crippen LogP contribution in [0, 0.1) is 11.7 Å². The van der Waals surface area contributed by atoms with Gasteiger partial charge in [0.25, 0.3) is 0 Å². The largest absolute Gasteiger partial charge is 0.444 e. The Morgan fingerprint density at radius 1 is 1.26 bits per heavy atom. The second kappa shape index (κ2) is 7.77. The summed E-state index contributed by atoms with van der Waals surface area (Å²) in [4.78, 5) is 11.9. The number of hydrogen-bond donors (Lipinski definition) is 2. The molecule has 1 rings (SSSR count). The minimum absolute atomic E-state index is 0.146. The summed E-state index contributed by atoms with van der Waals surface area (Å²) >= 11 is 0. The van der Waals surface area contributed by atoms with E-state index in [1.807, 2.05) is 13.8 Å². The molecule has 1 atom stereocenters. The van der Waals surface area contributed by atoms with Crippen molar-refractivity contribution >= 4 is 6.09 Å². The molecule has 0 aliphatic carbocycles. The van der Waals surface area contributed by atoms with Crippen LogP contribution in [0.5, 0.6) is 0 Å². The zero-order chi connectivity index (χ0) is 17.7. The maximum atomic E-state index is 13.2. The van der Waals surface area contributed by atoms with Crippen LogP contribution in [0.3, 0.4) is 0 Å². The minimum Gasteiger partial charge on any atom is -0.444 e. The van der Waals surface area contributed by atoms with E-state index in [4.69, 9.17) is 4.74 Å². The van der Waals surface area contributed by atoms with Gasteiger partial charge in [-0.05, 0) is 50.8 Å². The van der Waals surface area contributed by atoms with E-state index in [-0.39, 0.29) is 19.0 Å². The number of carbonyl (C=O) groups is 1. The number of benzene rings is 1. The average Bonchev–Trinajstić information content (AvgIpc) is 2.42. The average molecular weight is 325 g/mol. The number of rotatable bonds is 6. The number of aliphatic hydroxyl groups excluding tert-OH is 1. The topological polar surface area (TPSA) is 58.6 Å². The number of amides is 1. The van der Waals surface area contributed by atoms with Gasteiger partial charge in [0.2, 0.25) is 0 Å². The first kappa shape index (κ1) is 19.4. The molecule has 1 unspecified atom stereocenters. The smallest absolute Gasteiger partial charge is 0.407 e. The fourth-order valence-corrected chi connectivity index (χ4v) is 2.64. The Morgan fingerprint density at radius 2 is 1.83 bits per heavy atom. The van der Waals surface area contributed by atoms with Crippen molar-refractivity contribution in [1.29, 1.82) is 0 Å². The molecule has 1 aromatic carbocycles. The summed E-state index contributed by atoms with van der Waals surface area (Å²) in [6.45, 7) is 9.54. The summed E-state index contributed by atoms with van der Waals surface area (Å²) in [6, 6.07) is 6.05. The van der Waals surface area contributed by atoms with Gasteiger partial charge in [-0.2, -0.15) is 0 Å². The summed E-state index contributed by atoms with van der Waals surface area (Å²) in [5.41, 5.74) is -0.454. The minimum atomic E-state index is -0.668. The monoisotopic (exact) mass is 325 g/mol. The van der Waals surface area contributed by atoms with Crippen molar-refractivity contribution in [2.45, 2.75) is 52.1 Å². The van der Waals surface area contributed by atoms with Crippen molar-refractivity contribution in [3.05, 3.63) is 35.6 Å². The van der Waals surface area contributed by atoms with Gasteiger partial charge in [0.1, 0.15) is 11.4 Å². The highest BCUT2D eigenvalue weighted by atomic mass is 19.1. The highest BCUT2D eigenvalue weighted by Gasteiger charge is 2.33. The van der Waals surface area contributed by atoms with E-state index >= 15 is 0 Å². The van der Waals surface area contributed by atoms with Gasteiger partial charge in [0.05, 0.1) is 6.61 Å². The van der Waals surface area contributed by atoms with Gasteiger partial charge in [-0.3, -0.25) is 0 Å². The molecule has 0 fully saturated rings. The predicted octanol–water partition coefficient (Wildman–Crippen LogP) is 3.63. The summed E-state index contributed by atoms with van der Waals surface area (Å²) in [5.74, 6) is -0.0297. The van der Waals surface area contributed by atoms with Gasteiger partial charge in [-0.1, -0.05) is 26.0 Å². The molecule has 0 aliphatic heterocycles. The van der Waals surface area contributed by atoms with Gasteiger partial charge in [0, 0.05) is 12.0 Å². The van der Waals surface area contributed by atoms with Crippen molar-refractivity contribution < 1.29 is 19.0 Å². The van der Waals surface area contributed by atoms with Crippen molar-refractivity contribution in [2.24, 2.45) is 5.92 Å². The fraction of sp³-hybridized carbons (Fsp3) is 0.611. The van der Waals surface area contributed by atoms with E-state index in [1.165, 1.54) is 12.1 Å². The van der Waals surface area contributed by atoms with E-state index in [9.17, 15) is 14.3 Å². The van der Waals surface area contributed by atoms with Gasteiger partial charge in [0.15, 0.2) is 0 Å². The zero-order valence-corrected chi connectivity index (χ0v) is 14.6. The van der Waals surface area contributed by atoms with Gasteiger partial charge in [-0.25, -0.2) is 9.18 Å². The van der Waals surface area contributed by atoms with Crippen molar-refractivity contribution in [3.63, 3.8) is 0 Å². The first-order chi connectivity index (χ1) is 10.6. The molecule has 0 bridgehead atoms. The molecule has 0 spiro atoms. The van der Waals surface area contributed by atoms with E-state index < -0.39 is 17.1 Å². The van der Waals surface area contributed by atoms with Crippen LogP contribution in [0.4, 0.5) is 9.18 Å². The first-order valence-electron chi connectivity index (χ1n) is 7.92. The van der Waals surface area contributed by atoms with E-state index in [0.29, 0.717) is 12.3 Å². The third kappa shape index (κ3) is 6.18. The van der Waals surface area contributed by atoms with Crippen LogP contribution < -0.4 is 5.32 Å². The van der Waals surface area contributed by atoms with Crippen LogP contribution in [-0.2, 0) is 10.2 Å². The molecule has 130 valence electrons. The molecule has 1 amide bonds. The van der Waals surface area contributed by atoms with E-state index in [2.05, 4.69) is 5.32 Å². The molecular weight excluding hydrogens is 297 g/mol. The number of ether oxygens (including phenoxy) is 1. The number of nitrogens with one attached hydrogen (secondary N) is 1. The number of halogens is 1. The van der Waals surface area contributed by atoms with Gasteiger partial charge < -0.3 is 15.2 Å². The van der Waals surface area contributed by atoms with E-state index in [1.54, 1.807) is 32.9 Å². The fourth-order valence-electron chi connectivity index (χ4n) is 2.64. The Bertz CT molecular complexity index is 508. The van der Waals surface area contributed by atoms with Gasteiger partial charge >= 0.3 is 6.09 Å². The molecule has 0 saturated carbocycles. The number of alkyl carbamates (subject to hydrolysis) is 1. The summed E-state index contributed by atoms with van der Waals surface area (Å²) in [6.07, 6.45) is 0.131. The van der Waals surface area contributed by atoms with Crippen molar-refractivity contribution in [2.75, 3.05) is 13.2 Å². The molecular formula is C18H28FNO3. The highest BCUT2D eigenvalue weighted by Crippen LogP contribution is 2.31. The number of aliphatic hydroxyl groups is 1. The lowest BCUT2D eigenvalue weighted by Gasteiger charge is -2.34. The van der Waals surface area contributed by atoms with Gasteiger partial charge in [-0.15, -0.1) is 0 Å². The van der Waals surface area contributed by atoms with Crippen LogP contribution in [-0.4, -0.2) is 30.0 Å². The maximum absolute atomic E-state index is 13.2. The van der Waals surface area contributed by atoms with Crippen molar-refractivity contribution in [1.82, 2.24) is 5.32 Å². The molecule has 2 N–H and O–H groups in total. The molecule has 4 nitrogen and oxygen atoms in total. The lowest BCUT2D eigenvalue weighted by atomic mass is 9.75. The third-order valence-corrected chi connectivity index (χ3v) is 3.53. The van der Waals surface area contributed by atoms with Crippen LogP contribution in [0.15, 0.2) is 24.3 Å². The second-order valence-corrected chi connectivity index (χ2v) is 7.40.